The van der Waals surface area contributed by atoms with Crippen LogP contribution < -0.4 is 11.1 Å². The van der Waals surface area contributed by atoms with Gasteiger partial charge in [-0.1, -0.05) is 48.5 Å². The minimum absolute atomic E-state index is 0.787. The maximum Gasteiger partial charge on any atom is 0.0395 e. The second-order valence-corrected chi connectivity index (χ2v) is 4.66. The molecule has 0 fully saturated rings. The number of hydrogen-bond acceptors (Lipinski definition) is 2. The monoisotopic (exact) mass is 260 g/mol. The van der Waals surface area contributed by atoms with E-state index in [1.165, 1.54) is 0 Å². The average molecular weight is 260 g/mol. The summed E-state index contributed by atoms with van der Waals surface area (Å²) in [6, 6.07) is 26.3. The van der Waals surface area contributed by atoms with Gasteiger partial charge in [0.1, 0.15) is 0 Å². The Kier molecular flexibility index (Phi) is 3.38. The SMILES string of the molecule is Nc1ccc(Nc2ccccc2)cc1-c1ccccc1. The van der Waals surface area contributed by atoms with Crippen LogP contribution in [0.15, 0.2) is 78.9 Å². The largest absolute Gasteiger partial charge is 0.398 e. The molecule has 0 spiro atoms. The Hall–Kier alpha value is -2.74. The number of anilines is 3. The smallest absolute Gasteiger partial charge is 0.0395 e. The number of rotatable bonds is 3. The lowest BCUT2D eigenvalue weighted by Gasteiger charge is -2.11. The lowest BCUT2D eigenvalue weighted by molar-refractivity contribution is 1.54. The van der Waals surface area contributed by atoms with Crippen LogP contribution in [0.4, 0.5) is 17.1 Å². The van der Waals surface area contributed by atoms with Gasteiger partial charge in [0.2, 0.25) is 0 Å². The van der Waals surface area contributed by atoms with Crippen LogP contribution in [-0.2, 0) is 0 Å². The fourth-order valence-corrected chi connectivity index (χ4v) is 2.19. The molecule has 0 radical (unpaired) electrons. The topological polar surface area (TPSA) is 38.0 Å². The predicted molar refractivity (Wildman–Crippen MR) is 86.0 cm³/mol. The molecule has 0 unspecified atom stereocenters. The van der Waals surface area contributed by atoms with Gasteiger partial charge in [0.05, 0.1) is 0 Å². The van der Waals surface area contributed by atoms with Crippen molar-refractivity contribution in [3.63, 3.8) is 0 Å². The van der Waals surface area contributed by atoms with Crippen LogP contribution in [0.3, 0.4) is 0 Å². The van der Waals surface area contributed by atoms with Crippen LogP contribution in [0, 0.1) is 0 Å². The van der Waals surface area contributed by atoms with Crippen LogP contribution in [0.2, 0.25) is 0 Å². The van der Waals surface area contributed by atoms with E-state index in [4.69, 9.17) is 5.73 Å². The molecule has 0 aliphatic carbocycles. The summed E-state index contributed by atoms with van der Waals surface area (Å²) in [5.74, 6) is 0. The Morgan fingerprint density at radius 2 is 1.30 bits per heavy atom. The molecule has 2 heteroatoms. The summed E-state index contributed by atoms with van der Waals surface area (Å²) in [4.78, 5) is 0. The molecule has 0 bridgehead atoms. The van der Waals surface area contributed by atoms with Gasteiger partial charge in [-0.05, 0) is 35.9 Å². The summed E-state index contributed by atoms with van der Waals surface area (Å²) in [5, 5.41) is 3.39. The van der Waals surface area contributed by atoms with Gasteiger partial charge in [-0.15, -0.1) is 0 Å². The van der Waals surface area contributed by atoms with E-state index in [0.29, 0.717) is 0 Å². The van der Waals surface area contributed by atoms with Crippen molar-refractivity contribution in [2.45, 2.75) is 0 Å². The summed E-state index contributed by atoms with van der Waals surface area (Å²) < 4.78 is 0. The van der Waals surface area contributed by atoms with Crippen LogP contribution in [0.1, 0.15) is 0 Å². The van der Waals surface area contributed by atoms with Crippen LogP contribution in [-0.4, -0.2) is 0 Å². The molecule has 3 aromatic rings. The average Bonchev–Trinajstić information content (AvgIpc) is 2.51. The van der Waals surface area contributed by atoms with Gasteiger partial charge in [0.15, 0.2) is 0 Å². The highest BCUT2D eigenvalue weighted by molar-refractivity contribution is 5.80. The molecule has 0 aromatic heterocycles. The highest BCUT2D eigenvalue weighted by atomic mass is 14.9. The van der Waals surface area contributed by atoms with Crippen molar-refractivity contribution in [3.8, 4) is 11.1 Å². The van der Waals surface area contributed by atoms with Gasteiger partial charge in [-0.2, -0.15) is 0 Å². The summed E-state index contributed by atoms with van der Waals surface area (Å²) in [5.41, 5.74) is 11.1. The summed E-state index contributed by atoms with van der Waals surface area (Å²) in [7, 11) is 0. The van der Waals surface area contributed by atoms with E-state index >= 15 is 0 Å². The molecular weight excluding hydrogens is 244 g/mol. The normalized spacial score (nSPS) is 10.2. The van der Waals surface area contributed by atoms with Crippen molar-refractivity contribution in [2.24, 2.45) is 0 Å². The predicted octanol–water partition coefficient (Wildman–Crippen LogP) is 4.68. The molecule has 3 N–H and O–H groups in total. The molecule has 0 saturated carbocycles. The zero-order valence-corrected chi connectivity index (χ0v) is 11.1. The minimum Gasteiger partial charge on any atom is -0.398 e. The molecule has 0 atom stereocenters. The molecule has 0 aliphatic rings. The number of nitrogens with one attached hydrogen (secondary N) is 1. The van der Waals surface area contributed by atoms with Gasteiger partial charge in [-0.3, -0.25) is 0 Å². The zero-order valence-electron chi connectivity index (χ0n) is 11.1. The van der Waals surface area contributed by atoms with E-state index in [0.717, 1.165) is 28.2 Å². The number of benzene rings is 3. The Bertz CT molecular complexity index is 691. The van der Waals surface area contributed by atoms with Crippen LogP contribution >= 0.6 is 0 Å². The van der Waals surface area contributed by atoms with Gasteiger partial charge in [0.25, 0.3) is 0 Å². The van der Waals surface area contributed by atoms with E-state index in [-0.39, 0.29) is 0 Å². The van der Waals surface area contributed by atoms with E-state index in [2.05, 4.69) is 23.5 Å². The number of para-hydroxylation sites is 1. The van der Waals surface area contributed by atoms with E-state index in [1.807, 2.05) is 60.7 Å². The second kappa shape index (κ2) is 5.49. The van der Waals surface area contributed by atoms with Crippen molar-refractivity contribution >= 4 is 17.1 Å². The molecule has 0 amide bonds. The van der Waals surface area contributed by atoms with Crippen LogP contribution in [0.5, 0.6) is 0 Å². The molecular formula is C18H16N2. The third kappa shape index (κ3) is 2.64. The fraction of sp³-hybridized carbons (Fsp3) is 0. The summed E-state index contributed by atoms with van der Waals surface area (Å²) >= 11 is 0. The van der Waals surface area contributed by atoms with Gasteiger partial charge < -0.3 is 11.1 Å². The van der Waals surface area contributed by atoms with E-state index in [9.17, 15) is 0 Å². The first-order valence-corrected chi connectivity index (χ1v) is 6.60. The standard InChI is InChI=1S/C18H16N2/c19-18-12-11-16(20-15-9-5-2-6-10-15)13-17(18)14-7-3-1-4-8-14/h1-13,20H,19H2. The molecule has 98 valence electrons. The summed E-state index contributed by atoms with van der Waals surface area (Å²) in [6.45, 7) is 0. The third-order valence-electron chi connectivity index (χ3n) is 3.20. The Morgan fingerprint density at radius 1 is 0.650 bits per heavy atom. The van der Waals surface area contributed by atoms with Crippen molar-refractivity contribution in [1.82, 2.24) is 0 Å². The Morgan fingerprint density at radius 3 is 2.00 bits per heavy atom. The van der Waals surface area contributed by atoms with Crippen molar-refractivity contribution in [2.75, 3.05) is 11.1 Å². The summed E-state index contributed by atoms with van der Waals surface area (Å²) in [6.07, 6.45) is 0. The first-order valence-electron chi connectivity index (χ1n) is 6.60. The molecule has 0 aliphatic heterocycles. The second-order valence-electron chi connectivity index (χ2n) is 4.66. The van der Waals surface area contributed by atoms with Crippen molar-refractivity contribution in [3.05, 3.63) is 78.9 Å². The van der Waals surface area contributed by atoms with Crippen molar-refractivity contribution < 1.29 is 0 Å². The molecule has 0 saturated heterocycles. The number of hydrogen-bond donors (Lipinski definition) is 2. The first kappa shape index (κ1) is 12.3. The van der Waals surface area contributed by atoms with Gasteiger partial charge in [0, 0.05) is 22.6 Å². The van der Waals surface area contributed by atoms with E-state index in [1.54, 1.807) is 0 Å². The van der Waals surface area contributed by atoms with Crippen molar-refractivity contribution in [1.29, 1.82) is 0 Å². The zero-order chi connectivity index (χ0) is 13.8. The molecule has 0 heterocycles. The Balaban J connectivity index is 1.95. The fourth-order valence-electron chi connectivity index (χ4n) is 2.19. The highest BCUT2D eigenvalue weighted by Gasteiger charge is 2.04. The lowest BCUT2D eigenvalue weighted by Crippen LogP contribution is -1.94. The minimum atomic E-state index is 0.787. The maximum absolute atomic E-state index is 6.09. The van der Waals surface area contributed by atoms with Gasteiger partial charge >= 0.3 is 0 Å². The first-order chi connectivity index (χ1) is 9.83. The van der Waals surface area contributed by atoms with Crippen LogP contribution in [0.25, 0.3) is 11.1 Å². The van der Waals surface area contributed by atoms with Gasteiger partial charge in [-0.25, -0.2) is 0 Å². The third-order valence-corrected chi connectivity index (χ3v) is 3.20. The molecule has 20 heavy (non-hydrogen) atoms. The highest BCUT2D eigenvalue weighted by Crippen LogP contribution is 2.29. The Labute approximate surface area is 118 Å². The molecule has 3 aromatic carbocycles. The quantitative estimate of drug-likeness (QED) is 0.671. The lowest BCUT2D eigenvalue weighted by atomic mass is 10.0. The number of nitrogens with two attached hydrogens (primary N) is 1. The van der Waals surface area contributed by atoms with E-state index < -0.39 is 0 Å². The molecule has 2 nitrogen and oxygen atoms in total. The number of nitrogen functional groups attached to an aromatic ring is 1. The maximum atomic E-state index is 6.09. The molecule has 3 rings (SSSR count).